The van der Waals surface area contributed by atoms with Crippen LogP contribution in [0.25, 0.3) is 0 Å². The first-order chi connectivity index (χ1) is 11.4. The van der Waals surface area contributed by atoms with Gasteiger partial charge in [-0.1, -0.05) is 13.0 Å². The molecule has 1 aliphatic rings. The normalized spacial score (nSPS) is 15.9. The third kappa shape index (κ3) is 3.13. The average molecular weight is 347 g/mol. The molecule has 0 atom stereocenters. The Morgan fingerprint density at radius 2 is 1.96 bits per heavy atom. The van der Waals surface area contributed by atoms with Crippen LogP contribution in [0.3, 0.4) is 0 Å². The van der Waals surface area contributed by atoms with Gasteiger partial charge in [-0.2, -0.15) is 8.42 Å². The zero-order valence-electron chi connectivity index (χ0n) is 13.0. The summed E-state index contributed by atoms with van der Waals surface area (Å²) in [5, 5.41) is 19.5. The highest BCUT2D eigenvalue weighted by atomic mass is 32.2. The van der Waals surface area contributed by atoms with Crippen LogP contribution in [-0.4, -0.2) is 23.6 Å². The molecule has 0 fully saturated rings. The first-order valence-electron chi connectivity index (χ1n) is 7.37. The molecule has 7 nitrogen and oxygen atoms in total. The number of phenolic OH excluding ortho intramolecular Hbond substituents is 1. The lowest BCUT2D eigenvalue weighted by atomic mass is 10.1. The van der Waals surface area contributed by atoms with E-state index in [9.17, 15) is 18.6 Å². The number of aliphatic hydroxyl groups is 1. The Morgan fingerprint density at radius 3 is 2.58 bits per heavy atom. The summed E-state index contributed by atoms with van der Waals surface area (Å²) in [6, 6.07) is 8.65. The number of aryl methyl sites for hydroxylation is 1. The molecule has 1 aromatic carbocycles. The quantitative estimate of drug-likeness (QED) is 0.784. The smallest absolute Gasteiger partial charge is 0.330 e. The van der Waals surface area contributed by atoms with Gasteiger partial charge in [0.25, 0.3) is 0 Å². The number of aromatic nitrogens is 1. The molecule has 1 aliphatic heterocycles. The van der Waals surface area contributed by atoms with Crippen LogP contribution in [0.2, 0.25) is 0 Å². The van der Waals surface area contributed by atoms with Gasteiger partial charge in [-0.3, -0.25) is 4.98 Å². The van der Waals surface area contributed by atoms with Crippen LogP contribution in [0.5, 0.6) is 5.75 Å². The van der Waals surface area contributed by atoms with E-state index in [0.29, 0.717) is 6.42 Å². The maximum Gasteiger partial charge on any atom is 0.330 e. The minimum atomic E-state index is -3.92. The number of hydrogen-bond acceptors (Lipinski definition) is 5. The molecule has 0 saturated carbocycles. The Labute approximate surface area is 140 Å². The van der Waals surface area contributed by atoms with Crippen molar-refractivity contribution in [3.05, 3.63) is 65.4 Å². The van der Waals surface area contributed by atoms with Gasteiger partial charge in [0.05, 0.1) is 6.20 Å². The van der Waals surface area contributed by atoms with Crippen molar-refractivity contribution >= 4 is 15.9 Å². The van der Waals surface area contributed by atoms with Crippen LogP contribution in [0, 0.1) is 0 Å². The first-order valence-corrected chi connectivity index (χ1v) is 8.81. The van der Waals surface area contributed by atoms with E-state index in [-0.39, 0.29) is 11.4 Å². The van der Waals surface area contributed by atoms with Crippen LogP contribution in [-0.2, 0) is 23.1 Å². The summed E-state index contributed by atoms with van der Waals surface area (Å²) >= 11 is 0. The Bertz CT molecular complexity index is 909. The van der Waals surface area contributed by atoms with Gasteiger partial charge >= 0.3 is 10.2 Å². The molecule has 8 heteroatoms. The number of hydrogen-bond donors (Lipinski definition) is 3. The fourth-order valence-electron chi connectivity index (χ4n) is 2.51. The van der Waals surface area contributed by atoms with Gasteiger partial charge in [0, 0.05) is 18.3 Å². The molecule has 0 saturated heterocycles. The average Bonchev–Trinajstić information content (AvgIpc) is 2.80. The number of aromatic hydroxyl groups is 1. The number of anilines is 1. The fraction of sp³-hybridized carbons (Fsp3) is 0.188. The van der Waals surface area contributed by atoms with Gasteiger partial charge < -0.3 is 10.2 Å². The van der Waals surface area contributed by atoms with Crippen molar-refractivity contribution in [3.63, 3.8) is 0 Å². The molecular weight excluding hydrogens is 330 g/mol. The number of aliphatic hydroxyl groups excluding tert-OH is 1. The second kappa shape index (κ2) is 6.04. The third-order valence-electron chi connectivity index (χ3n) is 3.68. The van der Waals surface area contributed by atoms with Crippen LogP contribution in [0.1, 0.15) is 23.7 Å². The molecule has 0 bridgehead atoms. The van der Waals surface area contributed by atoms with Crippen molar-refractivity contribution in [2.24, 2.45) is 0 Å². The molecule has 0 unspecified atom stereocenters. The third-order valence-corrected chi connectivity index (χ3v) is 4.97. The van der Waals surface area contributed by atoms with E-state index >= 15 is 0 Å². The highest BCUT2D eigenvalue weighted by Gasteiger charge is 2.30. The lowest BCUT2D eigenvalue weighted by Crippen LogP contribution is -2.29. The van der Waals surface area contributed by atoms with E-state index < -0.39 is 16.1 Å². The van der Waals surface area contributed by atoms with Crippen molar-refractivity contribution in [2.45, 2.75) is 19.8 Å². The summed E-state index contributed by atoms with van der Waals surface area (Å²) in [4.78, 5) is 4.30. The highest BCUT2D eigenvalue weighted by molar-refractivity contribution is 7.91. The maximum atomic E-state index is 11.9. The summed E-state index contributed by atoms with van der Waals surface area (Å²) in [6.45, 7) is 2.06. The summed E-state index contributed by atoms with van der Waals surface area (Å²) in [7, 11) is -3.92. The molecule has 0 amide bonds. The fourth-order valence-corrected chi connectivity index (χ4v) is 3.57. The molecule has 0 spiro atoms. The highest BCUT2D eigenvalue weighted by Crippen LogP contribution is 2.32. The zero-order valence-corrected chi connectivity index (χ0v) is 13.8. The van der Waals surface area contributed by atoms with E-state index in [4.69, 9.17) is 0 Å². The summed E-state index contributed by atoms with van der Waals surface area (Å²) in [5.74, 6) is -0.700. The minimum absolute atomic E-state index is 0.0607. The van der Waals surface area contributed by atoms with Crippen molar-refractivity contribution in [1.82, 2.24) is 9.71 Å². The van der Waals surface area contributed by atoms with E-state index in [1.54, 1.807) is 12.3 Å². The monoisotopic (exact) mass is 347 g/mol. The molecule has 24 heavy (non-hydrogen) atoms. The Kier molecular flexibility index (Phi) is 4.06. The zero-order chi connectivity index (χ0) is 17.3. The first kappa shape index (κ1) is 16.1. The molecule has 0 radical (unpaired) electrons. The van der Waals surface area contributed by atoms with E-state index in [2.05, 4.69) is 11.9 Å². The standard InChI is InChI=1S/C16H17N3O4S/c1-2-11-5-6-17-13(7-11)8-12-3-4-14(15(20)9-12)19-10-16(21)18-24(19,22)23/h3-7,9-10,18,20-21H,2,8H2,1H3. The number of nitrogens with zero attached hydrogens (tertiary/aromatic N) is 2. The molecule has 0 aliphatic carbocycles. The van der Waals surface area contributed by atoms with E-state index in [0.717, 1.165) is 28.2 Å². The number of nitrogens with one attached hydrogen (secondary N) is 1. The number of pyridine rings is 1. The van der Waals surface area contributed by atoms with Crippen molar-refractivity contribution in [1.29, 1.82) is 0 Å². The molecule has 3 rings (SSSR count). The van der Waals surface area contributed by atoms with Crippen LogP contribution < -0.4 is 9.03 Å². The van der Waals surface area contributed by atoms with Gasteiger partial charge in [0.1, 0.15) is 11.4 Å². The molecular formula is C16H17N3O4S. The lowest BCUT2D eigenvalue weighted by molar-refractivity contribution is 0.392. The largest absolute Gasteiger partial charge is 0.506 e. The molecule has 1 aromatic heterocycles. The summed E-state index contributed by atoms with van der Waals surface area (Å²) in [6.07, 6.45) is 4.18. The molecule has 2 aromatic rings. The van der Waals surface area contributed by atoms with Crippen molar-refractivity contribution in [2.75, 3.05) is 4.31 Å². The number of phenols is 1. The number of rotatable bonds is 4. The van der Waals surface area contributed by atoms with E-state index in [1.807, 2.05) is 16.9 Å². The molecule has 126 valence electrons. The minimum Gasteiger partial charge on any atom is -0.506 e. The second-order valence-electron chi connectivity index (χ2n) is 5.43. The molecule has 3 N–H and O–H groups in total. The van der Waals surface area contributed by atoms with Gasteiger partial charge in [0.15, 0.2) is 0 Å². The van der Waals surface area contributed by atoms with Crippen molar-refractivity contribution in [3.8, 4) is 5.75 Å². The topological polar surface area (TPSA) is 103 Å². The van der Waals surface area contributed by atoms with Gasteiger partial charge in [-0.05, 0) is 41.8 Å². The maximum absolute atomic E-state index is 11.9. The predicted molar refractivity (Wildman–Crippen MR) is 89.8 cm³/mol. The van der Waals surface area contributed by atoms with Crippen LogP contribution in [0.4, 0.5) is 5.69 Å². The lowest BCUT2D eigenvalue weighted by Gasteiger charge is -2.16. The molecule has 2 heterocycles. The summed E-state index contributed by atoms with van der Waals surface area (Å²) < 4.78 is 26.4. The Hall–Kier alpha value is -2.74. The Morgan fingerprint density at radius 1 is 1.17 bits per heavy atom. The van der Waals surface area contributed by atoms with E-state index in [1.165, 1.54) is 17.7 Å². The van der Waals surface area contributed by atoms with Gasteiger partial charge in [-0.15, -0.1) is 0 Å². The van der Waals surface area contributed by atoms with Crippen LogP contribution in [0.15, 0.2) is 48.6 Å². The van der Waals surface area contributed by atoms with Gasteiger partial charge in [-0.25, -0.2) is 9.03 Å². The number of benzene rings is 1. The summed E-state index contributed by atoms with van der Waals surface area (Å²) in [5.41, 5.74) is 2.91. The SMILES string of the molecule is CCc1ccnc(Cc2ccc(N3C=C(O)NS3(=O)=O)c(O)c2)c1. The predicted octanol–water partition coefficient (Wildman–Crippen LogP) is 1.95. The van der Waals surface area contributed by atoms with Gasteiger partial charge in [0.2, 0.25) is 5.88 Å². The van der Waals surface area contributed by atoms with Crippen molar-refractivity contribution < 1.29 is 18.6 Å². The van der Waals surface area contributed by atoms with Crippen LogP contribution >= 0.6 is 0 Å². The Balaban J connectivity index is 1.88. The second-order valence-corrected chi connectivity index (χ2v) is 6.97.